The standard InChI is InChI=1S/C12H7Cl3O4/c13-6-3-8(14)11(9(15)4-6)18-5-7-1-2-10(19-7)12(16)17/h1-4H,5H2,(H,16,17)/p-1. The highest BCUT2D eigenvalue weighted by Crippen LogP contribution is 2.36. The van der Waals surface area contributed by atoms with Gasteiger partial charge in [-0.25, -0.2) is 0 Å². The van der Waals surface area contributed by atoms with E-state index < -0.39 is 5.97 Å². The minimum absolute atomic E-state index is 0.0195. The van der Waals surface area contributed by atoms with Gasteiger partial charge in [-0.2, -0.15) is 0 Å². The molecule has 7 heteroatoms. The molecule has 0 fully saturated rings. The molecule has 1 heterocycles. The summed E-state index contributed by atoms with van der Waals surface area (Å²) in [7, 11) is 0. The van der Waals surface area contributed by atoms with E-state index in [1.807, 2.05) is 0 Å². The number of furan rings is 1. The number of carboxylic acid groups (broad SMARTS) is 1. The number of rotatable bonds is 4. The van der Waals surface area contributed by atoms with Crippen LogP contribution in [0, 0.1) is 0 Å². The Morgan fingerprint density at radius 3 is 2.37 bits per heavy atom. The summed E-state index contributed by atoms with van der Waals surface area (Å²) in [4.78, 5) is 10.5. The number of ether oxygens (including phenoxy) is 1. The van der Waals surface area contributed by atoms with Crippen molar-refractivity contribution < 1.29 is 19.1 Å². The number of carbonyl (C=O) groups is 1. The van der Waals surface area contributed by atoms with Gasteiger partial charge in [0.2, 0.25) is 0 Å². The quantitative estimate of drug-likeness (QED) is 0.868. The highest BCUT2D eigenvalue weighted by atomic mass is 35.5. The van der Waals surface area contributed by atoms with Crippen LogP contribution in [0.15, 0.2) is 28.7 Å². The number of halogens is 3. The third-order valence-electron chi connectivity index (χ3n) is 2.18. The first kappa shape index (κ1) is 14.1. The molecule has 4 nitrogen and oxygen atoms in total. The Bertz CT molecular complexity index is 598. The normalized spacial score (nSPS) is 10.5. The lowest BCUT2D eigenvalue weighted by Gasteiger charge is -2.09. The molecule has 100 valence electrons. The van der Waals surface area contributed by atoms with Crippen molar-refractivity contribution in [2.45, 2.75) is 6.61 Å². The molecule has 0 N–H and O–H groups in total. The fourth-order valence-electron chi connectivity index (χ4n) is 1.38. The molecular formula is C12H6Cl3O4-. The SMILES string of the molecule is O=C([O-])c1ccc(COc2c(Cl)cc(Cl)cc2Cl)o1. The fourth-order valence-corrected chi connectivity index (χ4v) is 2.30. The van der Waals surface area contributed by atoms with Gasteiger partial charge in [-0.15, -0.1) is 0 Å². The van der Waals surface area contributed by atoms with Gasteiger partial charge in [0.05, 0.1) is 10.0 Å². The van der Waals surface area contributed by atoms with E-state index >= 15 is 0 Å². The lowest BCUT2D eigenvalue weighted by molar-refractivity contribution is -0.257. The first-order chi connectivity index (χ1) is 8.97. The molecule has 0 unspecified atom stereocenters. The van der Waals surface area contributed by atoms with Gasteiger partial charge in [0, 0.05) is 5.02 Å². The van der Waals surface area contributed by atoms with Gasteiger partial charge in [-0.1, -0.05) is 34.8 Å². The van der Waals surface area contributed by atoms with Gasteiger partial charge < -0.3 is 19.1 Å². The molecule has 0 atom stereocenters. The van der Waals surface area contributed by atoms with Crippen molar-refractivity contribution in [3.63, 3.8) is 0 Å². The van der Waals surface area contributed by atoms with Crippen LogP contribution in [-0.4, -0.2) is 5.97 Å². The minimum Gasteiger partial charge on any atom is -0.542 e. The summed E-state index contributed by atoms with van der Waals surface area (Å²) in [6.07, 6.45) is 0. The Hall–Kier alpha value is -1.36. The first-order valence-electron chi connectivity index (χ1n) is 5.05. The van der Waals surface area contributed by atoms with Crippen molar-refractivity contribution in [2.24, 2.45) is 0 Å². The molecule has 1 aromatic carbocycles. The summed E-state index contributed by atoms with van der Waals surface area (Å²) in [6, 6.07) is 5.71. The number of hydrogen-bond donors (Lipinski definition) is 0. The summed E-state index contributed by atoms with van der Waals surface area (Å²) in [5, 5.41) is 11.4. The van der Waals surface area contributed by atoms with E-state index in [9.17, 15) is 9.90 Å². The fraction of sp³-hybridized carbons (Fsp3) is 0.0833. The van der Waals surface area contributed by atoms with Crippen LogP contribution in [-0.2, 0) is 6.61 Å². The average Bonchev–Trinajstić information content (AvgIpc) is 2.76. The highest BCUT2D eigenvalue weighted by molar-refractivity contribution is 6.40. The zero-order valence-electron chi connectivity index (χ0n) is 9.28. The van der Waals surface area contributed by atoms with Gasteiger partial charge in [0.25, 0.3) is 0 Å². The number of hydrogen-bond acceptors (Lipinski definition) is 4. The molecule has 0 aliphatic heterocycles. The first-order valence-corrected chi connectivity index (χ1v) is 6.18. The molecule has 0 aliphatic rings. The van der Waals surface area contributed by atoms with Crippen molar-refractivity contribution in [3.8, 4) is 5.75 Å². The molecule has 1 aromatic heterocycles. The lowest BCUT2D eigenvalue weighted by atomic mass is 10.3. The summed E-state index contributed by atoms with van der Waals surface area (Å²) in [5.74, 6) is -1.11. The van der Waals surface area contributed by atoms with Crippen LogP contribution in [0.5, 0.6) is 5.75 Å². The Balaban J connectivity index is 2.12. The van der Waals surface area contributed by atoms with Crippen molar-refractivity contribution in [2.75, 3.05) is 0 Å². The van der Waals surface area contributed by atoms with Crippen LogP contribution < -0.4 is 9.84 Å². The summed E-state index contributed by atoms with van der Waals surface area (Å²) >= 11 is 17.6. The second-order valence-electron chi connectivity index (χ2n) is 3.54. The van der Waals surface area contributed by atoms with E-state index in [0.717, 1.165) is 0 Å². The van der Waals surface area contributed by atoms with E-state index in [1.54, 1.807) is 0 Å². The van der Waals surface area contributed by atoms with Gasteiger partial charge in [-0.05, 0) is 24.3 Å². The smallest absolute Gasteiger partial charge is 0.157 e. The molecule has 0 amide bonds. The van der Waals surface area contributed by atoms with Gasteiger partial charge in [0.1, 0.15) is 24.1 Å². The summed E-state index contributed by atoms with van der Waals surface area (Å²) in [5.41, 5.74) is 0. The van der Waals surface area contributed by atoms with Crippen LogP contribution in [0.25, 0.3) is 0 Å². The number of aromatic carboxylic acids is 1. The van der Waals surface area contributed by atoms with Crippen molar-refractivity contribution in [3.05, 3.63) is 50.9 Å². The third-order valence-corrected chi connectivity index (χ3v) is 2.96. The second-order valence-corrected chi connectivity index (χ2v) is 4.79. The van der Waals surface area contributed by atoms with E-state index in [1.165, 1.54) is 24.3 Å². The molecular weight excluding hydrogens is 314 g/mol. The Morgan fingerprint density at radius 1 is 1.21 bits per heavy atom. The molecule has 19 heavy (non-hydrogen) atoms. The van der Waals surface area contributed by atoms with E-state index in [-0.39, 0.29) is 28.2 Å². The van der Waals surface area contributed by atoms with Crippen molar-refractivity contribution in [1.29, 1.82) is 0 Å². The van der Waals surface area contributed by atoms with Crippen LogP contribution >= 0.6 is 34.8 Å². The number of carbonyl (C=O) groups excluding carboxylic acids is 1. The van der Waals surface area contributed by atoms with Crippen LogP contribution in [0.1, 0.15) is 16.3 Å². The molecule has 2 rings (SSSR count). The summed E-state index contributed by atoms with van der Waals surface area (Å²) < 4.78 is 10.3. The Labute approximate surface area is 123 Å². The maximum atomic E-state index is 10.5. The van der Waals surface area contributed by atoms with Gasteiger partial charge >= 0.3 is 0 Å². The Kier molecular flexibility index (Phi) is 4.24. The predicted molar refractivity (Wildman–Crippen MR) is 68.8 cm³/mol. The number of benzene rings is 1. The second kappa shape index (κ2) is 5.74. The molecule has 0 saturated carbocycles. The van der Waals surface area contributed by atoms with Crippen molar-refractivity contribution >= 4 is 40.8 Å². The zero-order chi connectivity index (χ0) is 14.0. The maximum absolute atomic E-state index is 10.5. The summed E-state index contributed by atoms with van der Waals surface area (Å²) in [6.45, 7) is -0.0195. The number of carboxylic acids is 1. The zero-order valence-corrected chi connectivity index (χ0v) is 11.6. The van der Waals surface area contributed by atoms with Gasteiger partial charge in [0.15, 0.2) is 5.75 Å². The van der Waals surface area contributed by atoms with E-state index in [4.69, 9.17) is 44.0 Å². The highest BCUT2D eigenvalue weighted by Gasteiger charge is 2.11. The predicted octanol–water partition coefficient (Wildman–Crippen LogP) is 3.18. The molecule has 2 aromatic rings. The monoisotopic (exact) mass is 319 g/mol. The van der Waals surface area contributed by atoms with E-state index in [2.05, 4.69) is 0 Å². The molecule has 0 radical (unpaired) electrons. The van der Waals surface area contributed by atoms with Crippen LogP contribution in [0.3, 0.4) is 0 Å². The van der Waals surface area contributed by atoms with Crippen molar-refractivity contribution in [1.82, 2.24) is 0 Å². The molecule has 0 spiro atoms. The van der Waals surface area contributed by atoms with E-state index in [0.29, 0.717) is 10.8 Å². The molecule has 0 aliphatic carbocycles. The maximum Gasteiger partial charge on any atom is 0.157 e. The Morgan fingerprint density at radius 2 is 1.84 bits per heavy atom. The minimum atomic E-state index is -1.39. The third kappa shape index (κ3) is 3.35. The van der Waals surface area contributed by atoms with Crippen LogP contribution in [0.2, 0.25) is 15.1 Å². The topological polar surface area (TPSA) is 62.5 Å². The largest absolute Gasteiger partial charge is 0.542 e. The average molecular weight is 321 g/mol. The lowest BCUT2D eigenvalue weighted by Crippen LogP contribution is -2.21. The van der Waals surface area contributed by atoms with Crippen LogP contribution in [0.4, 0.5) is 0 Å². The molecule has 0 bridgehead atoms. The molecule has 0 saturated heterocycles. The van der Waals surface area contributed by atoms with Gasteiger partial charge in [-0.3, -0.25) is 0 Å².